The second kappa shape index (κ2) is 8.46. The molecule has 0 saturated carbocycles. The molecule has 9 heteroatoms. The number of anilines is 1. The molecule has 2 aromatic carbocycles. The molecule has 0 aliphatic carbocycles. The number of nitro benzene ring substituents is 1. The molecule has 0 atom stereocenters. The Morgan fingerprint density at radius 1 is 1.13 bits per heavy atom. The topological polar surface area (TPSA) is 112 Å². The Bertz CT molecular complexity index is 1240. The summed E-state index contributed by atoms with van der Waals surface area (Å²) in [4.78, 5) is 31.6. The number of hydrogen-bond donors (Lipinski definition) is 1. The second-order valence-corrected chi connectivity index (χ2v) is 6.66. The van der Waals surface area contributed by atoms with E-state index in [1.165, 1.54) is 35.3 Å². The third-order valence-electron chi connectivity index (χ3n) is 4.51. The number of ether oxygens (including phenoxy) is 1. The predicted octanol–water partition coefficient (Wildman–Crippen LogP) is 4.53. The van der Waals surface area contributed by atoms with E-state index in [9.17, 15) is 14.9 Å². The van der Waals surface area contributed by atoms with E-state index in [0.717, 1.165) is 5.56 Å². The first-order valence-corrected chi connectivity index (χ1v) is 9.28. The van der Waals surface area contributed by atoms with Crippen molar-refractivity contribution in [2.75, 3.05) is 5.32 Å². The van der Waals surface area contributed by atoms with Gasteiger partial charge in [0.2, 0.25) is 0 Å². The van der Waals surface area contributed by atoms with Gasteiger partial charge in [-0.15, -0.1) is 0 Å². The van der Waals surface area contributed by atoms with Crippen molar-refractivity contribution >= 4 is 17.3 Å². The molecule has 0 spiro atoms. The third-order valence-corrected chi connectivity index (χ3v) is 4.51. The van der Waals surface area contributed by atoms with Crippen molar-refractivity contribution in [1.82, 2.24) is 14.5 Å². The van der Waals surface area contributed by atoms with Gasteiger partial charge in [-0.05, 0) is 55.0 Å². The Labute approximate surface area is 177 Å². The predicted molar refractivity (Wildman–Crippen MR) is 114 cm³/mol. The van der Waals surface area contributed by atoms with Gasteiger partial charge in [0.05, 0.1) is 17.4 Å². The SMILES string of the molecule is Cc1cc(NC(=O)c2ccc(-n3ccnc3)c([N+](=O)[O-])c2)ccc1Oc1cccnc1. The van der Waals surface area contributed by atoms with Crippen molar-refractivity contribution in [3.8, 4) is 17.2 Å². The number of rotatable bonds is 6. The van der Waals surface area contributed by atoms with Crippen molar-refractivity contribution in [2.45, 2.75) is 6.92 Å². The number of benzene rings is 2. The van der Waals surface area contributed by atoms with E-state index in [1.807, 2.05) is 6.92 Å². The maximum atomic E-state index is 12.7. The summed E-state index contributed by atoms with van der Waals surface area (Å²) in [6.07, 6.45) is 7.84. The van der Waals surface area contributed by atoms with Gasteiger partial charge in [-0.1, -0.05) is 0 Å². The van der Waals surface area contributed by atoms with Crippen LogP contribution in [0.4, 0.5) is 11.4 Å². The van der Waals surface area contributed by atoms with Crippen LogP contribution in [0.2, 0.25) is 0 Å². The zero-order valence-electron chi connectivity index (χ0n) is 16.4. The molecule has 0 saturated heterocycles. The number of nitro groups is 1. The Kier molecular flexibility index (Phi) is 5.39. The lowest BCUT2D eigenvalue weighted by atomic mass is 10.1. The highest BCUT2D eigenvalue weighted by molar-refractivity contribution is 6.05. The molecule has 9 nitrogen and oxygen atoms in total. The van der Waals surface area contributed by atoms with Crippen LogP contribution in [-0.4, -0.2) is 25.4 Å². The van der Waals surface area contributed by atoms with Crippen LogP contribution in [0.5, 0.6) is 11.5 Å². The van der Waals surface area contributed by atoms with Crippen LogP contribution in [-0.2, 0) is 0 Å². The molecule has 0 aliphatic heterocycles. The number of hydrogen-bond acceptors (Lipinski definition) is 6. The highest BCUT2D eigenvalue weighted by Gasteiger charge is 2.19. The van der Waals surface area contributed by atoms with Crippen LogP contribution in [0.15, 0.2) is 79.6 Å². The summed E-state index contributed by atoms with van der Waals surface area (Å²) in [6, 6.07) is 13.1. The minimum Gasteiger partial charge on any atom is -0.455 e. The van der Waals surface area contributed by atoms with Crippen LogP contribution in [0.3, 0.4) is 0 Å². The first-order valence-electron chi connectivity index (χ1n) is 9.28. The summed E-state index contributed by atoms with van der Waals surface area (Å²) in [6.45, 7) is 1.85. The summed E-state index contributed by atoms with van der Waals surface area (Å²) in [5.41, 5.74) is 1.66. The Morgan fingerprint density at radius 2 is 2.00 bits per heavy atom. The third kappa shape index (κ3) is 4.40. The summed E-state index contributed by atoms with van der Waals surface area (Å²) < 4.78 is 7.30. The molecule has 0 unspecified atom stereocenters. The van der Waals surface area contributed by atoms with E-state index in [4.69, 9.17) is 4.74 Å². The largest absolute Gasteiger partial charge is 0.455 e. The average Bonchev–Trinajstić information content (AvgIpc) is 3.31. The van der Waals surface area contributed by atoms with Gasteiger partial charge in [0.25, 0.3) is 11.6 Å². The fourth-order valence-electron chi connectivity index (χ4n) is 3.01. The first-order chi connectivity index (χ1) is 15.0. The molecule has 4 rings (SSSR count). The van der Waals surface area contributed by atoms with Gasteiger partial charge < -0.3 is 14.6 Å². The fraction of sp³-hybridized carbons (Fsp3) is 0.0455. The standard InChI is InChI=1S/C22H17N5O4/c1-15-11-17(5-7-21(15)31-18-3-2-8-23-13-18)25-22(28)16-4-6-19(20(12-16)27(29)30)26-10-9-24-14-26/h2-14H,1H3,(H,25,28). The highest BCUT2D eigenvalue weighted by atomic mass is 16.6. The molecule has 154 valence electrons. The lowest BCUT2D eigenvalue weighted by molar-refractivity contribution is -0.384. The molecular formula is C22H17N5O4. The number of amides is 1. The van der Waals surface area contributed by atoms with Gasteiger partial charge in [-0.25, -0.2) is 4.98 Å². The van der Waals surface area contributed by atoms with Gasteiger partial charge >= 0.3 is 0 Å². The van der Waals surface area contributed by atoms with Crippen molar-refractivity contribution in [3.63, 3.8) is 0 Å². The van der Waals surface area contributed by atoms with E-state index in [1.54, 1.807) is 48.9 Å². The van der Waals surface area contributed by atoms with E-state index < -0.39 is 10.8 Å². The summed E-state index contributed by atoms with van der Waals surface area (Å²) in [7, 11) is 0. The van der Waals surface area contributed by atoms with Crippen LogP contribution < -0.4 is 10.1 Å². The first kappa shape index (κ1) is 19.8. The number of carbonyl (C=O) groups excluding carboxylic acids is 1. The fourth-order valence-corrected chi connectivity index (χ4v) is 3.01. The minimum absolute atomic E-state index is 0.170. The number of carbonyl (C=O) groups is 1. The smallest absolute Gasteiger partial charge is 0.294 e. The van der Waals surface area contributed by atoms with Crippen LogP contribution >= 0.6 is 0 Å². The molecule has 2 heterocycles. The number of imidazole rings is 1. The molecule has 0 fully saturated rings. The van der Waals surface area contributed by atoms with Gasteiger partial charge in [-0.3, -0.25) is 19.9 Å². The second-order valence-electron chi connectivity index (χ2n) is 6.66. The zero-order valence-corrected chi connectivity index (χ0v) is 16.4. The lowest BCUT2D eigenvalue weighted by Gasteiger charge is -2.11. The normalized spacial score (nSPS) is 10.5. The molecule has 0 aliphatic rings. The van der Waals surface area contributed by atoms with Gasteiger partial charge in [0, 0.05) is 35.9 Å². The Hall–Kier alpha value is -4.53. The van der Waals surface area contributed by atoms with Crippen LogP contribution in [0.1, 0.15) is 15.9 Å². The van der Waals surface area contributed by atoms with Crippen molar-refractivity contribution in [1.29, 1.82) is 0 Å². The van der Waals surface area contributed by atoms with Gasteiger partial charge in [0.1, 0.15) is 17.2 Å². The summed E-state index contributed by atoms with van der Waals surface area (Å²) in [5, 5.41) is 14.3. The monoisotopic (exact) mass is 415 g/mol. The van der Waals surface area contributed by atoms with E-state index >= 15 is 0 Å². The maximum Gasteiger partial charge on any atom is 0.294 e. The molecule has 0 radical (unpaired) electrons. The average molecular weight is 415 g/mol. The number of nitrogens with zero attached hydrogens (tertiary/aromatic N) is 4. The molecular weight excluding hydrogens is 398 g/mol. The van der Waals surface area contributed by atoms with Crippen molar-refractivity contribution < 1.29 is 14.5 Å². The summed E-state index contributed by atoms with van der Waals surface area (Å²) >= 11 is 0. The maximum absolute atomic E-state index is 12.7. The van der Waals surface area contributed by atoms with Crippen molar-refractivity contribution in [3.05, 3.63) is 101 Å². The van der Waals surface area contributed by atoms with Gasteiger partial charge in [-0.2, -0.15) is 0 Å². The number of aryl methyl sites for hydroxylation is 1. The number of nitrogens with one attached hydrogen (secondary N) is 1. The van der Waals surface area contributed by atoms with E-state index in [2.05, 4.69) is 15.3 Å². The van der Waals surface area contributed by atoms with Crippen LogP contribution in [0, 0.1) is 17.0 Å². The minimum atomic E-state index is -0.527. The molecule has 1 N–H and O–H groups in total. The lowest BCUT2D eigenvalue weighted by Crippen LogP contribution is -2.13. The Balaban J connectivity index is 1.53. The molecule has 4 aromatic rings. The van der Waals surface area contributed by atoms with E-state index in [0.29, 0.717) is 22.9 Å². The zero-order chi connectivity index (χ0) is 21.8. The molecule has 2 aromatic heterocycles. The Morgan fingerprint density at radius 3 is 2.68 bits per heavy atom. The molecule has 31 heavy (non-hydrogen) atoms. The van der Waals surface area contributed by atoms with Gasteiger partial charge in [0.15, 0.2) is 0 Å². The van der Waals surface area contributed by atoms with Crippen LogP contribution in [0.25, 0.3) is 5.69 Å². The molecule has 1 amide bonds. The summed E-state index contributed by atoms with van der Waals surface area (Å²) in [5.74, 6) is 0.777. The quantitative estimate of drug-likeness (QED) is 0.366. The number of aromatic nitrogens is 3. The molecule has 0 bridgehead atoms. The highest BCUT2D eigenvalue weighted by Crippen LogP contribution is 2.28. The van der Waals surface area contributed by atoms with E-state index in [-0.39, 0.29) is 11.3 Å². The number of pyridine rings is 1. The van der Waals surface area contributed by atoms with Crippen molar-refractivity contribution in [2.24, 2.45) is 0 Å².